The molecule has 3 aromatic rings. The number of alkyl halides is 3. The Labute approximate surface area is 202 Å². The number of nitrogens with zero attached hydrogens (tertiary/aromatic N) is 2. The van der Waals surface area contributed by atoms with Gasteiger partial charge in [0.1, 0.15) is 6.29 Å². The number of nitrogens with one attached hydrogen (secondary N) is 1. The monoisotopic (exact) mass is 509 g/mol. The zero-order chi connectivity index (χ0) is 25.5. The average molecular weight is 510 g/mol. The fourth-order valence-corrected chi connectivity index (χ4v) is 5.94. The van der Waals surface area contributed by atoms with Crippen molar-refractivity contribution in [1.29, 1.82) is 0 Å². The van der Waals surface area contributed by atoms with Crippen LogP contribution in [0.2, 0.25) is 28.7 Å². The first-order chi connectivity index (χ1) is 15.7. The zero-order valence-corrected chi connectivity index (χ0v) is 21.4. The van der Waals surface area contributed by atoms with Crippen molar-refractivity contribution < 1.29 is 18.0 Å². The van der Waals surface area contributed by atoms with Crippen LogP contribution in [-0.4, -0.2) is 30.3 Å². The van der Waals surface area contributed by atoms with Gasteiger partial charge in [-0.1, -0.05) is 63.7 Å². The van der Waals surface area contributed by atoms with Crippen LogP contribution in [0.3, 0.4) is 0 Å². The summed E-state index contributed by atoms with van der Waals surface area (Å²) >= 11 is 6.27. The van der Waals surface area contributed by atoms with Gasteiger partial charge >= 0.3 is 6.18 Å². The summed E-state index contributed by atoms with van der Waals surface area (Å²) in [7, 11) is -2.09. The lowest BCUT2D eigenvalue weighted by atomic mass is 10.0. The van der Waals surface area contributed by atoms with Crippen LogP contribution in [0, 0.1) is 0 Å². The number of pyridine rings is 1. The Bertz CT molecular complexity index is 1280. The number of fused-ring (bicyclic) bond motifs is 1. The van der Waals surface area contributed by atoms with E-state index in [-0.39, 0.29) is 44.7 Å². The number of halogens is 4. The van der Waals surface area contributed by atoms with Gasteiger partial charge in [0.05, 0.1) is 24.7 Å². The zero-order valence-electron chi connectivity index (χ0n) is 19.6. The van der Waals surface area contributed by atoms with E-state index in [0.717, 1.165) is 18.4 Å². The van der Waals surface area contributed by atoms with E-state index >= 15 is 0 Å². The highest BCUT2D eigenvalue weighted by molar-refractivity contribution is 6.83. The number of hydrogen-bond acceptors (Lipinski definition) is 4. The maximum Gasteiger partial charge on any atom is 0.416 e. The average Bonchev–Trinajstić information content (AvgIpc) is 2.73. The standard InChI is InChI=1S/C24H27ClF3N3O2Si/c1-23(2,3)34(4,5)16(14-32)13-29-22-30-21(33)20(17-8-6-7-9-18(17)25)19-12-15(24(26,27)28)10-11-31(19)22/h6-12,14,16H,13H2,1-5H3,(H,29,30,33)/t16-/m1/s1. The summed E-state index contributed by atoms with van der Waals surface area (Å²) in [6.45, 7) is 10.7. The van der Waals surface area contributed by atoms with Gasteiger partial charge in [-0.15, -0.1) is 0 Å². The summed E-state index contributed by atoms with van der Waals surface area (Å²) in [5, 5.41) is 3.21. The first kappa shape index (κ1) is 26.0. The van der Waals surface area contributed by atoms with E-state index < -0.39 is 25.4 Å². The van der Waals surface area contributed by atoms with Gasteiger partial charge < -0.3 is 10.1 Å². The van der Waals surface area contributed by atoms with Gasteiger partial charge in [0.15, 0.2) is 0 Å². The number of hydrogen-bond donors (Lipinski definition) is 1. The van der Waals surface area contributed by atoms with Gasteiger partial charge in [-0.2, -0.15) is 18.2 Å². The van der Waals surface area contributed by atoms with Gasteiger partial charge in [0.25, 0.3) is 5.56 Å². The Morgan fingerprint density at radius 1 is 1.18 bits per heavy atom. The van der Waals surface area contributed by atoms with Crippen LogP contribution in [0.4, 0.5) is 19.1 Å². The molecule has 0 aliphatic carbocycles. The molecule has 0 unspecified atom stereocenters. The second-order valence-corrected chi connectivity index (χ2v) is 16.0. The van der Waals surface area contributed by atoms with Crippen molar-refractivity contribution in [3.63, 3.8) is 0 Å². The van der Waals surface area contributed by atoms with E-state index in [1.807, 2.05) is 0 Å². The molecular formula is C24H27ClF3N3O2Si. The lowest BCUT2D eigenvalue weighted by molar-refractivity contribution is -0.137. The highest BCUT2D eigenvalue weighted by atomic mass is 35.5. The Hall–Kier alpha value is -2.65. The second kappa shape index (κ2) is 9.18. The molecule has 2 aromatic heterocycles. The molecule has 182 valence electrons. The first-order valence-corrected chi connectivity index (χ1v) is 14.2. The van der Waals surface area contributed by atoms with E-state index in [9.17, 15) is 22.8 Å². The Morgan fingerprint density at radius 3 is 2.38 bits per heavy atom. The predicted molar refractivity (Wildman–Crippen MR) is 132 cm³/mol. The fourth-order valence-electron chi connectivity index (χ4n) is 3.64. The second-order valence-electron chi connectivity index (χ2n) is 9.86. The van der Waals surface area contributed by atoms with Crippen molar-refractivity contribution in [2.75, 3.05) is 11.9 Å². The van der Waals surface area contributed by atoms with Crippen molar-refractivity contribution in [2.45, 2.75) is 50.6 Å². The molecule has 1 N–H and O–H groups in total. The van der Waals surface area contributed by atoms with Crippen molar-refractivity contribution >= 4 is 37.4 Å². The smallest absolute Gasteiger partial charge is 0.355 e. The molecule has 0 bridgehead atoms. The van der Waals surface area contributed by atoms with Crippen molar-refractivity contribution in [3.05, 3.63) is 63.5 Å². The van der Waals surface area contributed by atoms with Crippen LogP contribution in [0.15, 0.2) is 47.4 Å². The SMILES string of the molecule is CC(C)(C)[Si](C)(C)[C@@H](C=O)CNc1nc(=O)c(-c2ccccc2Cl)c2cc(C(F)(F)F)ccn12. The lowest BCUT2D eigenvalue weighted by Crippen LogP contribution is -2.45. The third-order valence-corrected chi connectivity index (χ3v) is 13.2. The third-order valence-electron chi connectivity index (χ3n) is 6.84. The molecule has 1 aromatic carbocycles. The number of carbonyl (C=O) groups is 1. The van der Waals surface area contributed by atoms with E-state index in [1.54, 1.807) is 24.3 Å². The molecule has 2 heterocycles. The molecule has 0 radical (unpaired) electrons. The lowest BCUT2D eigenvalue weighted by Gasteiger charge is -2.41. The van der Waals surface area contributed by atoms with Crippen molar-refractivity contribution in [3.8, 4) is 11.1 Å². The van der Waals surface area contributed by atoms with Crippen LogP contribution in [0.1, 0.15) is 26.3 Å². The largest absolute Gasteiger partial charge is 0.416 e. The molecule has 0 aliphatic rings. The predicted octanol–water partition coefficient (Wildman–Crippen LogP) is 6.52. The highest BCUT2D eigenvalue weighted by Crippen LogP contribution is 2.42. The van der Waals surface area contributed by atoms with Gasteiger partial charge in [-0.25, -0.2) is 0 Å². The molecule has 10 heteroatoms. The van der Waals surface area contributed by atoms with Gasteiger partial charge in [0, 0.05) is 28.9 Å². The van der Waals surface area contributed by atoms with E-state index in [0.29, 0.717) is 0 Å². The molecule has 0 amide bonds. The highest BCUT2D eigenvalue weighted by Gasteiger charge is 2.42. The number of aromatic nitrogens is 2. The number of anilines is 1. The molecule has 0 aliphatic heterocycles. The molecule has 0 saturated carbocycles. The van der Waals surface area contributed by atoms with Crippen LogP contribution in [0.25, 0.3) is 16.6 Å². The summed E-state index contributed by atoms with van der Waals surface area (Å²) in [6.07, 6.45) is -2.47. The molecule has 3 rings (SSSR count). The fraction of sp³-hybridized carbons (Fsp3) is 0.375. The van der Waals surface area contributed by atoms with E-state index in [2.05, 4.69) is 44.2 Å². The first-order valence-electron chi connectivity index (χ1n) is 10.8. The van der Waals surface area contributed by atoms with Crippen LogP contribution >= 0.6 is 11.6 Å². The van der Waals surface area contributed by atoms with E-state index in [4.69, 9.17) is 11.6 Å². The molecule has 5 nitrogen and oxygen atoms in total. The summed E-state index contributed by atoms with van der Waals surface area (Å²) in [5.41, 5.74) is -1.65. The summed E-state index contributed by atoms with van der Waals surface area (Å²) in [6, 6.07) is 8.26. The molecule has 0 fully saturated rings. The minimum Gasteiger partial charge on any atom is -0.355 e. The van der Waals surface area contributed by atoms with Crippen LogP contribution in [-0.2, 0) is 11.0 Å². The maximum absolute atomic E-state index is 13.5. The van der Waals surface area contributed by atoms with Crippen LogP contribution in [0.5, 0.6) is 0 Å². The maximum atomic E-state index is 13.5. The Kier molecular flexibility index (Phi) is 7.01. The minimum absolute atomic E-state index is 0.0143. The summed E-state index contributed by atoms with van der Waals surface area (Å²) in [5.74, 6) is 0.0649. The topological polar surface area (TPSA) is 63.5 Å². The van der Waals surface area contributed by atoms with Gasteiger partial charge in [-0.05, 0) is 23.2 Å². The number of carbonyl (C=O) groups excluding carboxylic acids is 1. The van der Waals surface area contributed by atoms with Crippen molar-refractivity contribution in [1.82, 2.24) is 9.38 Å². The Morgan fingerprint density at radius 2 is 1.82 bits per heavy atom. The van der Waals surface area contributed by atoms with Crippen molar-refractivity contribution in [2.24, 2.45) is 0 Å². The number of rotatable bonds is 6. The third kappa shape index (κ3) is 4.90. The normalized spacial score (nSPS) is 13.7. The molecule has 34 heavy (non-hydrogen) atoms. The molecule has 0 spiro atoms. The minimum atomic E-state index is -4.60. The van der Waals surface area contributed by atoms with Gasteiger partial charge in [0.2, 0.25) is 5.95 Å². The molecule has 1 atom stereocenters. The Balaban J connectivity index is 2.18. The summed E-state index contributed by atoms with van der Waals surface area (Å²) < 4.78 is 41.9. The quantitative estimate of drug-likeness (QED) is 0.303. The molecular weight excluding hydrogens is 483 g/mol. The number of aldehydes is 1. The summed E-state index contributed by atoms with van der Waals surface area (Å²) in [4.78, 5) is 29.1. The number of benzene rings is 1. The van der Waals surface area contributed by atoms with Crippen LogP contribution < -0.4 is 10.9 Å². The van der Waals surface area contributed by atoms with E-state index in [1.165, 1.54) is 10.6 Å². The molecule has 0 saturated heterocycles. The van der Waals surface area contributed by atoms with Gasteiger partial charge in [-0.3, -0.25) is 9.20 Å².